The molecule has 4 aliphatic heterocycles. The second kappa shape index (κ2) is 43.3. The first-order valence-electron chi connectivity index (χ1n) is 33.4. The Morgan fingerprint density at radius 3 is 1.77 bits per heavy atom. The van der Waals surface area contributed by atoms with Crippen molar-refractivity contribution in [2.24, 2.45) is 35.1 Å². The van der Waals surface area contributed by atoms with Crippen molar-refractivity contribution in [3.8, 4) is 11.5 Å². The number of hydrogen-bond donors (Lipinski definition) is 13. The first kappa shape index (κ1) is 87.2. The van der Waals surface area contributed by atoms with Gasteiger partial charge >= 0.3 is 11.9 Å². The number of aliphatic hydroxyl groups is 1. The largest absolute Gasteiger partial charge is 0.508 e. The van der Waals surface area contributed by atoms with Crippen LogP contribution in [0.15, 0.2) is 48.5 Å². The van der Waals surface area contributed by atoms with Crippen LogP contribution in [0.5, 0.6) is 11.5 Å². The number of aliphatic hydroxyl groups excluding tert-OH is 1. The third-order valence-electron chi connectivity index (χ3n) is 17.3. The van der Waals surface area contributed by atoms with E-state index in [0.29, 0.717) is 11.1 Å². The monoisotopic (exact) mass is 1560 g/mol. The number of fused-ring (bicyclic) bond motifs is 20. The Bertz CT molecular complexity index is 3430. The lowest BCUT2D eigenvalue weighted by atomic mass is 9.89. The molecule has 4 fully saturated rings. The van der Waals surface area contributed by atoms with Crippen LogP contribution in [0.2, 0.25) is 0 Å². The molecule has 9 amide bonds. The molecular formula is C67H92N10O21S6. The Morgan fingerprint density at radius 2 is 1.17 bits per heavy atom. The summed E-state index contributed by atoms with van der Waals surface area (Å²) in [6, 6.07) is -2.92. The average molecular weight is 1570 g/mol. The Balaban J connectivity index is 0.0000194. The van der Waals surface area contributed by atoms with E-state index in [1.165, 1.54) is 62.4 Å². The molecule has 0 aliphatic carbocycles. The molecule has 31 nitrogen and oxygen atoms in total. The predicted octanol–water partition coefficient (Wildman–Crippen LogP) is 0.771. The summed E-state index contributed by atoms with van der Waals surface area (Å²) in [7, 11) is 5.40. The van der Waals surface area contributed by atoms with Crippen LogP contribution in [0.25, 0.3) is 0 Å². The van der Waals surface area contributed by atoms with Crippen LogP contribution < -0.4 is 48.7 Å². The van der Waals surface area contributed by atoms with Gasteiger partial charge in [0.05, 0.1) is 61.1 Å². The zero-order chi connectivity index (χ0) is 75.6. The van der Waals surface area contributed by atoms with Crippen LogP contribution in [0.3, 0.4) is 0 Å². The predicted molar refractivity (Wildman–Crippen MR) is 393 cm³/mol. The minimum Gasteiger partial charge on any atom is -0.508 e. The first-order valence-corrected chi connectivity index (χ1v) is 40.8. The van der Waals surface area contributed by atoms with Gasteiger partial charge in [-0.15, -0.1) is 0 Å². The molecule has 4 heterocycles. The SMILES string of the molecule is C.CCOC(=O)[C@@H](CC(=O)C1CSSCC2NC(=O)[C@H](Cc3ccc(O)cc3)CC(=O)C(CCC(=O)O)NC(=O)[C@@H]3CSSCC(CC(=O)C(C)NC(=O)C4CCCN4C(=O)[C@H](CC(N)=O)NC(=O)C(CSSCC(N)C(=O)C3)NC2=O)C(=O)NC([C@H](C)O)C(=O)CCC(=O)N1)Cc1ccc(O)cc1. The highest BCUT2D eigenvalue weighted by Gasteiger charge is 2.42. The number of carboxylic acids is 1. The molecule has 4 bridgehead atoms. The van der Waals surface area contributed by atoms with Crippen LogP contribution in [0.1, 0.15) is 110 Å². The number of hydrogen-bond acceptors (Lipinski definition) is 27. The number of benzene rings is 2. The number of amides is 9. The maximum Gasteiger partial charge on any atom is 0.309 e. The highest BCUT2D eigenvalue weighted by Crippen LogP contribution is 2.32. The number of aliphatic carboxylic acids is 1. The molecular weight excluding hydrogens is 1470 g/mol. The van der Waals surface area contributed by atoms with Gasteiger partial charge in [0.2, 0.25) is 53.2 Å². The molecule has 0 saturated carbocycles. The molecule has 6 rings (SSSR count). The van der Waals surface area contributed by atoms with E-state index < -0.39 is 247 Å². The number of primary amides is 1. The van der Waals surface area contributed by atoms with Crippen molar-refractivity contribution in [2.75, 3.05) is 47.7 Å². The van der Waals surface area contributed by atoms with E-state index >= 15 is 9.59 Å². The van der Waals surface area contributed by atoms with Crippen molar-refractivity contribution in [2.45, 2.75) is 172 Å². The lowest BCUT2D eigenvalue weighted by molar-refractivity contribution is -0.149. The van der Waals surface area contributed by atoms with Gasteiger partial charge in [0.25, 0.3) is 0 Å². The van der Waals surface area contributed by atoms with E-state index in [-0.39, 0.29) is 80.8 Å². The molecule has 104 heavy (non-hydrogen) atoms. The lowest BCUT2D eigenvalue weighted by Gasteiger charge is -2.30. The first-order chi connectivity index (χ1) is 48.9. The molecule has 14 atom stereocenters. The topological polar surface area (TPSA) is 503 Å². The number of phenolic OH excluding ortho intramolecular Hbond substituents is 2. The fraction of sp³-hybridized carbons (Fsp3) is 0.582. The Kier molecular flexibility index (Phi) is 36.3. The quantitative estimate of drug-likeness (QED) is 0.0865. The number of Topliss-reactive ketones (excluding diaryl/α,β-unsaturated/α-hetero) is 5. The van der Waals surface area contributed by atoms with Crippen molar-refractivity contribution < 1.29 is 102 Å². The Hall–Kier alpha value is -7.42. The number of nitrogens with zero attached hydrogens (tertiary/aromatic N) is 1. The highest BCUT2D eigenvalue weighted by molar-refractivity contribution is 8.77. The number of carboxylic acid groups (broad SMARTS) is 1. The van der Waals surface area contributed by atoms with E-state index in [4.69, 9.17) is 16.2 Å². The normalized spacial score (nSPS) is 27.1. The molecule has 0 radical (unpaired) electrons. The van der Waals surface area contributed by atoms with Crippen LogP contribution in [0.4, 0.5) is 0 Å². The second-order valence-electron chi connectivity index (χ2n) is 25.4. The number of nitrogens with two attached hydrogens (primary N) is 2. The number of ether oxygens (including phenoxy) is 1. The van der Waals surface area contributed by atoms with Gasteiger partial charge in [0, 0.05) is 91.9 Å². The lowest BCUT2D eigenvalue weighted by Crippen LogP contribution is -2.60. The number of phenols is 2. The van der Waals surface area contributed by atoms with Gasteiger partial charge in [0.15, 0.2) is 28.9 Å². The van der Waals surface area contributed by atoms with Gasteiger partial charge in [-0.1, -0.05) is 96.5 Å². The van der Waals surface area contributed by atoms with Crippen molar-refractivity contribution in [1.82, 2.24) is 42.1 Å². The van der Waals surface area contributed by atoms with Gasteiger partial charge < -0.3 is 78.7 Å². The summed E-state index contributed by atoms with van der Waals surface area (Å²) in [5.74, 6) is -22.8. The highest BCUT2D eigenvalue weighted by atomic mass is 33.1. The van der Waals surface area contributed by atoms with Crippen LogP contribution in [-0.2, 0) is 94.3 Å². The fourth-order valence-corrected chi connectivity index (χ4v) is 18.7. The summed E-state index contributed by atoms with van der Waals surface area (Å²) in [6.07, 6.45) is -7.74. The molecule has 0 spiro atoms. The van der Waals surface area contributed by atoms with Crippen molar-refractivity contribution in [3.63, 3.8) is 0 Å². The van der Waals surface area contributed by atoms with Gasteiger partial charge in [-0.05, 0) is 88.3 Å². The summed E-state index contributed by atoms with van der Waals surface area (Å²) in [4.78, 5) is 230. The standard InChI is InChI=1S/C66H88N10O21S6.CH4/c1-4-97-66(96)38(21-36-9-13-42(79)14-10-36)23-54(84)46-30-101-103-31-47-63(93)74-48-32-102-100-29-43(67)52(82)25-40(60(90)71-44(15-18-57(87)88)53(83)22-37(59(89)73-47)20-35-7-11-41(78)12-8-35)28-99-98-27-39(61(91)75-58(34(3)77)50(80)16-17-56(86)70-46)24-51(81)33(2)69-64(94)49-6-5-19-76(49)65(95)45(26-55(68)85)72-62(48)92;/h7-14,33-34,37-40,43-49,58,77-79H,4-6,15-32,67H2,1-3H3,(H2,68,85)(H,69,94)(H,70,86)(H,71,90)(H,72,92)(H,73,89)(H,74,93)(H,75,91)(H,87,88);1H4/t33?,34-,37+,38+,39?,40-,43?,44?,45-,46?,47?,48?,49?,58?;/m0./s1. The third-order valence-corrected chi connectivity index (χ3v) is 24.7. The van der Waals surface area contributed by atoms with E-state index in [0.717, 1.165) is 69.7 Å². The molecule has 4 aliphatic rings. The Labute approximate surface area is 625 Å². The van der Waals surface area contributed by atoms with Gasteiger partial charge in [0.1, 0.15) is 41.7 Å². The summed E-state index contributed by atoms with van der Waals surface area (Å²) in [6.45, 7) is 3.86. The number of rotatable bonds is 15. The van der Waals surface area contributed by atoms with Crippen LogP contribution in [-0.4, -0.2) is 227 Å². The average Bonchev–Trinajstić information content (AvgIpc) is 1.61. The van der Waals surface area contributed by atoms with E-state index in [1.807, 2.05) is 0 Å². The maximum atomic E-state index is 15.2. The Morgan fingerprint density at radius 1 is 0.625 bits per heavy atom. The van der Waals surface area contributed by atoms with Gasteiger partial charge in [-0.25, -0.2) is 0 Å². The molecule has 15 N–H and O–H groups in total. The number of aromatic hydroxyl groups is 2. The minimum atomic E-state index is -1.81. The van der Waals surface area contributed by atoms with E-state index in [1.54, 1.807) is 6.92 Å². The molecule has 9 unspecified atom stereocenters. The van der Waals surface area contributed by atoms with Crippen molar-refractivity contribution >= 4 is 159 Å². The zero-order valence-electron chi connectivity index (χ0n) is 56.8. The van der Waals surface area contributed by atoms with Crippen LogP contribution >= 0.6 is 64.8 Å². The van der Waals surface area contributed by atoms with Crippen LogP contribution in [0, 0.1) is 23.7 Å². The number of carbonyl (C=O) groups excluding carboxylic acids is 15. The molecule has 2 aromatic rings. The molecule has 4 saturated heterocycles. The number of nitrogens with one attached hydrogen (secondary N) is 7. The number of ketones is 5. The summed E-state index contributed by atoms with van der Waals surface area (Å²) < 4.78 is 5.35. The summed E-state index contributed by atoms with van der Waals surface area (Å²) in [5.41, 5.74) is 13.1. The number of esters is 1. The smallest absolute Gasteiger partial charge is 0.309 e. The molecule has 2 aromatic carbocycles. The summed E-state index contributed by atoms with van der Waals surface area (Å²) in [5, 5.41) is 59.4. The minimum absolute atomic E-state index is 0. The van der Waals surface area contributed by atoms with Gasteiger partial charge in [-0.2, -0.15) is 0 Å². The fourth-order valence-electron chi connectivity index (χ4n) is 11.4. The zero-order valence-corrected chi connectivity index (χ0v) is 61.7. The van der Waals surface area contributed by atoms with Gasteiger partial charge in [-0.3, -0.25) is 76.7 Å². The van der Waals surface area contributed by atoms with E-state index in [9.17, 15) is 87.5 Å². The van der Waals surface area contributed by atoms with Crippen molar-refractivity contribution in [3.05, 3.63) is 59.7 Å². The number of carbonyl (C=O) groups is 16. The van der Waals surface area contributed by atoms with E-state index in [2.05, 4.69) is 37.2 Å². The maximum absolute atomic E-state index is 15.2. The second-order valence-corrected chi connectivity index (χ2v) is 33.0. The molecule has 572 valence electrons. The molecule has 37 heteroatoms. The summed E-state index contributed by atoms with van der Waals surface area (Å²) >= 11 is 0. The molecule has 0 aromatic heterocycles. The third kappa shape index (κ3) is 27.8. The van der Waals surface area contributed by atoms with Crippen molar-refractivity contribution in [1.29, 1.82) is 0 Å².